The summed E-state index contributed by atoms with van der Waals surface area (Å²) in [5.41, 5.74) is 5.89. The van der Waals surface area contributed by atoms with Crippen LogP contribution in [0.5, 0.6) is 0 Å². The van der Waals surface area contributed by atoms with Crippen molar-refractivity contribution < 1.29 is 0 Å². The maximum Gasteiger partial charge on any atom is 0.157 e. The van der Waals surface area contributed by atoms with Crippen LogP contribution < -0.4 is 5.32 Å². The maximum atomic E-state index is 9.78. The summed E-state index contributed by atoms with van der Waals surface area (Å²) < 4.78 is 2.02. The third-order valence-corrected chi connectivity index (χ3v) is 4.94. The van der Waals surface area contributed by atoms with Gasteiger partial charge in [0.2, 0.25) is 0 Å². The Hall–Kier alpha value is -3.29. The van der Waals surface area contributed by atoms with Crippen LogP contribution in [0.15, 0.2) is 61.2 Å². The molecule has 0 fully saturated rings. The van der Waals surface area contributed by atoms with Crippen molar-refractivity contribution in [3.8, 4) is 6.07 Å². The smallest absolute Gasteiger partial charge is 0.157 e. The molecule has 2 heterocycles. The minimum Gasteiger partial charge on any atom is -0.341 e. The number of anilines is 2. The van der Waals surface area contributed by atoms with Crippen LogP contribution in [0.3, 0.4) is 0 Å². The molecule has 0 bridgehead atoms. The number of nitrogens with one attached hydrogen (secondary N) is 1. The Labute approximate surface area is 162 Å². The van der Waals surface area contributed by atoms with Gasteiger partial charge in [0.25, 0.3) is 0 Å². The first-order valence-electron chi connectivity index (χ1n) is 8.60. The fourth-order valence-corrected chi connectivity index (χ4v) is 3.51. The van der Waals surface area contributed by atoms with Crippen LogP contribution in [0.4, 0.5) is 11.5 Å². The molecule has 0 aliphatic rings. The topological polar surface area (TPSA) is 53.1 Å². The van der Waals surface area contributed by atoms with Gasteiger partial charge in [-0.2, -0.15) is 5.26 Å². The Bertz CT molecular complexity index is 1210. The summed E-state index contributed by atoms with van der Waals surface area (Å²) in [6.07, 6.45) is 2.49. The number of halogens is 1. The Balaban J connectivity index is 2.10. The van der Waals surface area contributed by atoms with E-state index >= 15 is 0 Å². The van der Waals surface area contributed by atoms with Crippen molar-refractivity contribution in [3.05, 3.63) is 82.9 Å². The number of nitrogens with zero attached hydrogens (tertiary/aromatic N) is 3. The molecule has 27 heavy (non-hydrogen) atoms. The van der Waals surface area contributed by atoms with E-state index in [1.165, 1.54) is 0 Å². The molecule has 0 aliphatic heterocycles. The number of benzene rings is 2. The molecule has 0 saturated heterocycles. The molecule has 0 amide bonds. The third kappa shape index (κ3) is 2.83. The summed E-state index contributed by atoms with van der Waals surface area (Å²) in [7, 11) is 0. The van der Waals surface area contributed by atoms with Crippen molar-refractivity contribution >= 4 is 39.8 Å². The minimum absolute atomic E-state index is 0.588. The van der Waals surface area contributed by atoms with Gasteiger partial charge in [-0.05, 0) is 55.3 Å². The second-order valence-corrected chi connectivity index (χ2v) is 6.76. The van der Waals surface area contributed by atoms with E-state index in [2.05, 4.69) is 18.0 Å². The Morgan fingerprint density at radius 2 is 1.96 bits per heavy atom. The zero-order chi connectivity index (χ0) is 19.0. The monoisotopic (exact) mass is 372 g/mol. The minimum atomic E-state index is 0.588. The summed E-state index contributed by atoms with van der Waals surface area (Å²) in [5.74, 6) is 0.887. The number of para-hydroxylation sites is 2. The molecule has 0 atom stereocenters. The molecule has 4 aromatic rings. The first kappa shape index (κ1) is 17.1. The van der Waals surface area contributed by atoms with E-state index in [0.717, 1.165) is 33.7 Å². The second kappa shape index (κ2) is 6.79. The molecule has 0 radical (unpaired) electrons. The Kier molecular flexibility index (Phi) is 4.31. The zero-order valence-corrected chi connectivity index (χ0v) is 15.6. The highest BCUT2D eigenvalue weighted by Gasteiger charge is 2.20. The number of hydrogen-bond acceptors (Lipinski definition) is 3. The molecule has 2 aromatic heterocycles. The highest BCUT2D eigenvalue weighted by molar-refractivity contribution is 6.30. The summed E-state index contributed by atoms with van der Waals surface area (Å²) in [6.45, 7) is 5.85. The fraction of sp³-hybridized carbons (Fsp3) is 0.0909. The van der Waals surface area contributed by atoms with Gasteiger partial charge in [0.15, 0.2) is 5.65 Å². The van der Waals surface area contributed by atoms with Crippen LogP contribution >= 0.6 is 11.6 Å². The standard InChI is InChI=1S/C22H17ClN4/c1-3-6-17-14(2)18(13-24)22-26-19-7-4-5-8-20(19)27(22)21(17)25-16-11-9-15(23)10-12-16/h3-5,7-12,25H,1,6H2,2H3. The van der Waals surface area contributed by atoms with Crippen molar-refractivity contribution in [2.75, 3.05) is 5.32 Å². The number of fused-ring (bicyclic) bond motifs is 3. The third-order valence-electron chi connectivity index (χ3n) is 4.69. The van der Waals surface area contributed by atoms with Gasteiger partial charge in [0.05, 0.1) is 16.6 Å². The number of nitriles is 1. The van der Waals surface area contributed by atoms with Crippen LogP contribution in [-0.4, -0.2) is 9.38 Å². The van der Waals surface area contributed by atoms with Gasteiger partial charge in [-0.1, -0.05) is 29.8 Å². The molecule has 132 valence electrons. The van der Waals surface area contributed by atoms with E-state index in [0.29, 0.717) is 22.7 Å². The number of hydrogen-bond donors (Lipinski definition) is 1. The normalized spacial score (nSPS) is 10.9. The molecule has 0 spiro atoms. The molecule has 4 nitrogen and oxygen atoms in total. The lowest BCUT2D eigenvalue weighted by Gasteiger charge is -2.18. The van der Waals surface area contributed by atoms with Crippen molar-refractivity contribution in [2.24, 2.45) is 0 Å². The number of pyridine rings is 1. The van der Waals surface area contributed by atoms with E-state index in [1.54, 1.807) is 0 Å². The predicted octanol–water partition coefficient (Wildman–Crippen LogP) is 5.79. The molecular weight excluding hydrogens is 356 g/mol. The Morgan fingerprint density at radius 3 is 2.67 bits per heavy atom. The number of aromatic nitrogens is 2. The lowest BCUT2D eigenvalue weighted by Crippen LogP contribution is -2.07. The van der Waals surface area contributed by atoms with Crippen LogP contribution in [0.25, 0.3) is 16.7 Å². The SMILES string of the molecule is C=CCc1c(C)c(C#N)c2nc3ccccc3n2c1Nc1ccc(Cl)cc1. The van der Waals surface area contributed by atoms with Crippen LogP contribution in [0.1, 0.15) is 16.7 Å². The second-order valence-electron chi connectivity index (χ2n) is 6.32. The van der Waals surface area contributed by atoms with E-state index < -0.39 is 0 Å². The van der Waals surface area contributed by atoms with Crippen LogP contribution in [0, 0.1) is 18.3 Å². The van der Waals surface area contributed by atoms with E-state index in [9.17, 15) is 5.26 Å². The zero-order valence-electron chi connectivity index (χ0n) is 14.8. The highest BCUT2D eigenvalue weighted by atomic mass is 35.5. The molecule has 1 N–H and O–H groups in total. The number of allylic oxidation sites excluding steroid dienone is 1. The van der Waals surface area contributed by atoms with E-state index in [4.69, 9.17) is 16.6 Å². The quantitative estimate of drug-likeness (QED) is 0.461. The average Bonchev–Trinajstić information content (AvgIpc) is 3.05. The molecule has 4 rings (SSSR count). The molecule has 2 aromatic carbocycles. The van der Waals surface area contributed by atoms with Gasteiger partial charge in [-0.15, -0.1) is 6.58 Å². The van der Waals surface area contributed by atoms with Gasteiger partial charge in [-0.3, -0.25) is 4.40 Å². The number of rotatable bonds is 4. The number of imidazole rings is 1. The lowest BCUT2D eigenvalue weighted by atomic mass is 10.0. The first-order valence-corrected chi connectivity index (χ1v) is 8.98. The van der Waals surface area contributed by atoms with Gasteiger partial charge in [0, 0.05) is 16.3 Å². The largest absolute Gasteiger partial charge is 0.341 e. The van der Waals surface area contributed by atoms with E-state index in [1.807, 2.05) is 65.9 Å². The van der Waals surface area contributed by atoms with Gasteiger partial charge in [-0.25, -0.2) is 4.98 Å². The molecular formula is C22H17ClN4. The first-order chi connectivity index (χ1) is 13.1. The van der Waals surface area contributed by atoms with Crippen LogP contribution in [-0.2, 0) is 6.42 Å². The summed E-state index contributed by atoms with van der Waals surface area (Å²) >= 11 is 6.02. The summed E-state index contributed by atoms with van der Waals surface area (Å²) in [5, 5.41) is 14.0. The van der Waals surface area contributed by atoms with Crippen molar-refractivity contribution in [3.63, 3.8) is 0 Å². The molecule has 0 aliphatic carbocycles. The van der Waals surface area contributed by atoms with E-state index in [-0.39, 0.29) is 0 Å². The summed E-state index contributed by atoms with van der Waals surface area (Å²) in [6, 6.07) is 17.8. The average molecular weight is 373 g/mol. The molecule has 0 saturated carbocycles. The maximum absolute atomic E-state index is 9.78. The van der Waals surface area contributed by atoms with Gasteiger partial charge >= 0.3 is 0 Å². The fourth-order valence-electron chi connectivity index (χ4n) is 3.38. The van der Waals surface area contributed by atoms with Crippen molar-refractivity contribution in [2.45, 2.75) is 13.3 Å². The highest BCUT2D eigenvalue weighted by Crippen LogP contribution is 2.33. The summed E-state index contributed by atoms with van der Waals surface area (Å²) in [4.78, 5) is 4.72. The lowest BCUT2D eigenvalue weighted by molar-refractivity contribution is 1.11. The molecule has 5 heteroatoms. The van der Waals surface area contributed by atoms with Crippen molar-refractivity contribution in [1.29, 1.82) is 5.26 Å². The Morgan fingerprint density at radius 1 is 1.22 bits per heavy atom. The molecule has 0 unspecified atom stereocenters. The van der Waals surface area contributed by atoms with Crippen LogP contribution in [0.2, 0.25) is 5.02 Å². The van der Waals surface area contributed by atoms with Gasteiger partial charge < -0.3 is 5.32 Å². The predicted molar refractivity (Wildman–Crippen MR) is 111 cm³/mol. The van der Waals surface area contributed by atoms with Crippen molar-refractivity contribution in [1.82, 2.24) is 9.38 Å². The van der Waals surface area contributed by atoms with Gasteiger partial charge in [0.1, 0.15) is 11.9 Å².